The van der Waals surface area contributed by atoms with E-state index in [1.165, 1.54) is 18.2 Å². The molecule has 22 heavy (non-hydrogen) atoms. The van der Waals surface area contributed by atoms with Crippen LogP contribution >= 0.6 is 11.6 Å². The van der Waals surface area contributed by atoms with Crippen molar-refractivity contribution in [2.45, 2.75) is 13.3 Å². The first-order valence-corrected chi connectivity index (χ1v) is 7.37. The number of carboxylic acid groups (broad SMARTS) is 1. The molecule has 1 aliphatic carbocycles. The maximum atomic E-state index is 12.6. The van der Waals surface area contributed by atoms with E-state index < -0.39 is 5.97 Å². The normalized spacial score (nSPS) is 27.2. The number of carbonyl (C=O) groups excluding carboxylic acids is 2. The lowest BCUT2D eigenvalue weighted by Gasteiger charge is -2.22. The van der Waals surface area contributed by atoms with Crippen molar-refractivity contribution in [2.24, 2.45) is 17.8 Å². The molecule has 2 amide bonds. The Balaban J connectivity index is 2.03. The molecular weight excluding hydrogens is 306 g/mol. The second-order valence-corrected chi connectivity index (χ2v) is 6.04. The Morgan fingerprint density at radius 3 is 2.68 bits per heavy atom. The van der Waals surface area contributed by atoms with Crippen molar-refractivity contribution in [1.29, 1.82) is 0 Å². The summed E-state index contributed by atoms with van der Waals surface area (Å²) >= 11 is 5.84. The molecular formula is C16H14ClNO4. The van der Waals surface area contributed by atoms with Crippen LogP contribution in [0.15, 0.2) is 30.4 Å². The summed E-state index contributed by atoms with van der Waals surface area (Å²) < 4.78 is 0. The van der Waals surface area contributed by atoms with Crippen LogP contribution in [0.4, 0.5) is 5.69 Å². The van der Waals surface area contributed by atoms with Gasteiger partial charge in [-0.1, -0.05) is 30.7 Å². The van der Waals surface area contributed by atoms with Gasteiger partial charge in [-0.25, -0.2) is 4.79 Å². The number of hydrogen-bond donors (Lipinski definition) is 1. The molecule has 1 aliphatic heterocycles. The summed E-state index contributed by atoms with van der Waals surface area (Å²) in [5.41, 5.74) is 0.138. The van der Waals surface area contributed by atoms with Crippen LogP contribution in [0.2, 0.25) is 5.02 Å². The van der Waals surface area contributed by atoms with Gasteiger partial charge in [0.05, 0.1) is 28.1 Å². The highest BCUT2D eigenvalue weighted by Gasteiger charge is 2.50. The van der Waals surface area contributed by atoms with E-state index in [9.17, 15) is 14.4 Å². The first-order chi connectivity index (χ1) is 10.4. The van der Waals surface area contributed by atoms with E-state index >= 15 is 0 Å². The van der Waals surface area contributed by atoms with E-state index in [2.05, 4.69) is 0 Å². The van der Waals surface area contributed by atoms with Crippen LogP contribution in [0.3, 0.4) is 0 Å². The van der Waals surface area contributed by atoms with Crippen molar-refractivity contribution < 1.29 is 19.5 Å². The Hall–Kier alpha value is -2.14. The Bertz CT molecular complexity index is 712. The summed E-state index contributed by atoms with van der Waals surface area (Å²) in [6.07, 6.45) is 4.40. The number of aromatic carboxylic acids is 1. The molecule has 1 aromatic carbocycles. The van der Waals surface area contributed by atoms with Crippen LogP contribution in [0.25, 0.3) is 0 Å². The van der Waals surface area contributed by atoms with Crippen LogP contribution in [0.1, 0.15) is 23.7 Å². The van der Waals surface area contributed by atoms with E-state index in [1.54, 1.807) is 0 Å². The lowest BCUT2D eigenvalue weighted by molar-refractivity contribution is -0.122. The minimum absolute atomic E-state index is 0.00792. The molecule has 1 fully saturated rings. The Morgan fingerprint density at radius 1 is 1.32 bits per heavy atom. The third kappa shape index (κ3) is 2.13. The van der Waals surface area contributed by atoms with Crippen molar-refractivity contribution in [3.05, 3.63) is 40.9 Å². The fourth-order valence-electron chi connectivity index (χ4n) is 3.22. The van der Waals surface area contributed by atoms with E-state index in [0.29, 0.717) is 6.42 Å². The summed E-state index contributed by atoms with van der Waals surface area (Å²) in [6, 6.07) is 4.17. The topological polar surface area (TPSA) is 74.7 Å². The van der Waals surface area contributed by atoms with Crippen LogP contribution in [-0.2, 0) is 9.59 Å². The maximum Gasteiger partial charge on any atom is 0.337 e. The smallest absolute Gasteiger partial charge is 0.337 e. The second-order valence-electron chi connectivity index (χ2n) is 5.64. The number of allylic oxidation sites excluding steroid dienone is 2. The molecule has 5 nitrogen and oxygen atoms in total. The predicted octanol–water partition coefficient (Wildman–Crippen LogP) is 2.74. The van der Waals surface area contributed by atoms with Gasteiger partial charge in [0.15, 0.2) is 0 Å². The largest absolute Gasteiger partial charge is 0.478 e. The van der Waals surface area contributed by atoms with Crippen molar-refractivity contribution in [3.8, 4) is 0 Å². The van der Waals surface area contributed by atoms with Gasteiger partial charge in [-0.05, 0) is 30.5 Å². The SMILES string of the molecule is C[C@@H]1C=CC[C@H]2C(=O)N(c3ccc(Cl)c(C(=O)O)c3)C(=O)[C@@H]12. The van der Waals surface area contributed by atoms with Crippen LogP contribution < -0.4 is 4.90 Å². The van der Waals surface area contributed by atoms with Crippen molar-refractivity contribution >= 4 is 35.1 Å². The van der Waals surface area contributed by atoms with Gasteiger partial charge >= 0.3 is 5.97 Å². The second kappa shape index (κ2) is 5.25. The van der Waals surface area contributed by atoms with Crippen LogP contribution in [0.5, 0.6) is 0 Å². The fraction of sp³-hybridized carbons (Fsp3) is 0.312. The molecule has 0 saturated carbocycles. The highest BCUT2D eigenvalue weighted by molar-refractivity contribution is 6.34. The summed E-state index contributed by atoms with van der Waals surface area (Å²) in [5, 5.41) is 9.20. The van der Waals surface area contributed by atoms with Gasteiger partial charge in [0, 0.05) is 0 Å². The van der Waals surface area contributed by atoms with E-state index in [0.717, 1.165) is 4.90 Å². The molecule has 0 unspecified atom stereocenters. The lowest BCUT2D eigenvalue weighted by atomic mass is 9.78. The number of fused-ring (bicyclic) bond motifs is 1. The number of carboxylic acids is 1. The van der Waals surface area contributed by atoms with Gasteiger partial charge in [0.2, 0.25) is 11.8 Å². The molecule has 2 aliphatic rings. The van der Waals surface area contributed by atoms with E-state index in [1.807, 2.05) is 19.1 Å². The molecule has 0 aromatic heterocycles. The number of carbonyl (C=O) groups is 3. The molecule has 0 spiro atoms. The average Bonchev–Trinajstić information content (AvgIpc) is 2.73. The standard InChI is InChI=1S/C16H14ClNO4/c1-8-3-2-4-10-13(8)15(20)18(14(10)19)9-5-6-12(17)11(7-9)16(21)22/h2-3,5-8,10,13H,4H2,1H3,(H,21,22)/t8-,10-,13+/m1/s1. The third-order valence-electron chi connectivity index (χ3n) is 4.31. The number of anilines is 1. The van der Waals surface area contributed by atoms with Gasteiger partial charge < -0.3 is 5.11 Å². The number of hydrogen-bond acceptors (Lipinski definition) is 3. The number of rotatable bonds is 2. The van der Waals surface area contributed by atoms with E-state index in [4.69, 9.17) is 16.7 Å². The molecule has 3 rings (SSSR count). The highest BCUT2D eigenvalue weighted by Crippen LogP contribution is 2.40. The summed E-state index contributed by atoms with van der Waals surface area (Å²) in [6.45, 7) is 1.91. The molecule has 1 N–H and O–H groups in total. The Labute approximate surface area is 132 Å². The zero-order chi connectivity index (χ0) is 16.0. The average molecular weight is 320 g/mol. The molecule has 1 heterocycles. The molecule has 114 valence electrons. The first kappa shape index (κ1) is 14.8. The third-order valence-corrected chi connectivity index (χ3v) is 4.64. The predicted molar refractivity (Wildman–Crippen MR) is 80.8 cm³/mol. The Morgan fingerprint density at radius 2 is 2.05 bits per heavy atom. The van der Waals surface area contributed by atoms with Gasteiger partial charge in [0.1, 0.15) is 0 Å². The minimum Gasteiger partial charge on any atom is -0.478 e. The monoisotopic (exact) mass is 319 g/mol. The molecule has 1 saturated heterocycles. The van der Waals surface area contributed by atoms with E-state index in [-0.39, 0.29) is 45.8 Å². The zero-order valence-corrected chi connectivity index (χ0v) is 12.6. The molecule has 0 radical (unpaired) electrons. The lowest BCUT2D eigenvalue weighted by Crippen LogP contribution is -2.31. The molecule has 6 heteroatoms. The summed E-state index contributed by atoms with van der Waals surface area (Å²) in [7, 11) is 0. The van der Waals surface area contributed by atoms with Crippen molar-refractivity contribution in [1.82, 2.24) is 0 Å². The highest BCUT2D eigenvalue weighted by atomic mass is 35.5. The van der Waals surface area contributed by atoms with Gasteiger partial charge in [-0.2, -0.15) is 0 Å². The first-order valence-electron chi connectivity index (χ1n) is 6.99. The maximum absolute atomic E-state index is 12.6. The molecule has 3 atom stereocenters. The number of halogens is 1. The zero-order valence-electron chi connectivity index (χ0n) is 11.8. The van der Waals surface area contributed by atoms with Gasteiger partial charge in [-0.15, -0.1) is 0 Å². The minimum atomic E-state index is -1.20. The molecule has 0 bridgehead atoms. The summed E-state index contributed by atoms with van der Waals surface area (Å²) in [5.74, 6) is -2.49. The summed E-state index contributed by atoms with van der Waals surface area (Å²) in [4.78, 5) is 37.4. The molecule has 1 aromatic rings. The quantitative estimate of drug-likeness (QED) is 0.672. The van der Waals surface area contributed by atoms with Crippen LogP contribution in [0, 0.1) is 17.8 Å². The number of imide groups is 1. The Kier molecular flexibility index (Phi) is 3.53. The van der Waals surface area contributed by atoms with Gasteiger partial charge in [0.25, 0.3) is 0 Å². The number of amides is 2. The van der Waals surface area contributed by atoms with Gasteiger partial charge in [-0.3, -0.25) is 14.5 Å². The van der Waals surface area contributed by atoms with Crippen molar-refractivity contribution in [3.63, 3.8) is 0 Å². The number of nitrogens with zero attached hydrogens (tertiary/aromatic N) is 1. The number of benzene rings is 1. The fourth-order valence-corrected chi connectivity index (χ4v) is 3.42. The van der Waals surface area contributed by atoms with Crippen LogP contribution in [-0.4, -0.2) is 22.9 Å². The van der Waals surface area contributed by atoms with Crippen molar-refractivity contribution in [2.75, 3.05) is 4.90 Å².